The summed E-state index contributed by atoms with van der Waals surface area (Å²) in [4.78, 5) is 44.3. The molecule has 1 saturated heterocycles. The van der Waals surface area contributed by atoms with Crippen molar-refractivity contribution in [1.82, 2.24) is 15.2 Å². The zero-order valence-corrected chi connectivity index (χ0v) is 19.8. The van der Waals surface area contributed by atoms with E-state index < -0.39 is 35.6 Å². The van der Waals surface area contributed by atoms with Crippen LogP contribution in [-0.4, -0.2) is 47.4 Å². The van der Waals surface area contributed by atoms with Crippen LogP contribution in [0.15, 0.2) is 66.7 Å². The Bertz CT molecular complexity index is 1580. The van der Waals surface area contributed by atoms with Crippen molar-refractivity contribution in [2.24, 2.45) is 0 Å². The number of amides is 3. The van der Waals surface area contributed by atoms with E-state index in [0.717, 1.165) is 4.90 Å². The van der Waals surface area contributed by atoms with E-state index in [1.165, 1.54) is 12.1 Å². The lowest BCUT2D eigenvalue weighted by molar-refractivity contribution is -0.130. The summed E-state index contributed by atoms with van der Waals surface area (Å²) in [5, 5.41) is 3.38. The molecule has 8 nitrogen and oxygen atoms in total. The van der Waals surface area contributed by atoms with Crippen molar-refractivity contribution in [2.45, 2.75) is 12.5 Å². The zero-order chi connectivity index (χ0) is 25.7. The number of hydrogen-bond acceptors (Lipinski definition) is 5. The maximum Gasteiger partial charge on any atom is 0.325 e. The topological polar surface area (TPSA) is 101 Å². The molecule has 186 valence electrons. The molecule has 6 rings (SSSR count). The van der Waals surface area contributed by atoms with Gasteiger partial charge in [-0.1, -0.05) is 24.3 Å². The highest BCUT2D eigenvalue weighted by atomic mass is 19.1. The van der Waals surface area contributed by atoms with Gasteiger partial charge in [0, 0.05) is 10.9 Å². The third-order valence-corrected chi connectivity index (χ3v) is 6.81. The second kappa shape index (κ2) is 8.48. The number of nitrogens with one attached hydrogen (secondary N) is 2. The second-order valence-electron chi connectivity index (χ2n) is 9.16. The van der Waals surface area contributed by atoms with Gasteiger partial charge in [0.15, 0.2) is 17.3 Å². The number of imide groups is 1. The molecule has 9 heteroatoms. The molecule has 4 aromatic rings. The zero-order valence-electron chi connectivity index (χ0n) is 19.8. The molecule has 0 radical (unpaired) electrons. The number of benzene rings is 3. The van der Waals surface area contributed by atoms with Crippen LogP contribution in [-0.2, 0) is 10.3 Å². The smallest absolute Gasteiger partial charge is 0.325 e. The van der Waals surface area contributed by atoms with E-state index in [9.17, 15) is 18.8 Å². The third-order valence-electron chi connectivity index (χ3n) is 6.81. The molecule has 2 aliphatic rings. The summed E-state index contributed by atoms with van der Waals surface area (Å²) in [6.45, 7) is 1.96. The number of para-hydroxylation sites is 1. The van der Waals surface area contributed by atoms with E-state index in [2.05, 4.69) is 10.3 Å². The maximum atomic E-state index is 13.7. The number of rotatable bonds is 5. The number of carbonyl (C=O) groups is 3. The number of ether oxygens (including phenoxy) is 2. The Morgan fingerprint density at radius 3 is 2.51 bits per heavy atom. The number of hydrogen-bond donors (Lipinski definition) is 2. The van der Waals surface area contributed by atoms with Gasteiger partial charge in [-0.15, -0.1) is 0 Å². The molecule has 0 unspecified atom stereocenters. The predicted octanol–water partition coefficient (Wildman–Crippen LogP) is 4.40. The first-order valence-electron chi connectivity index (χ1n) is 11.8. The first-order valence-corrected chi connectivity index (χ1v) is 11.8. The van der Waals surface area contributed by atoms with Gasteiger partial charge in [0.25, 0.3) is 5.91 Å². The SMILES string of the molecule is C[C@]1(c2ccc3c(c2)OCCO3)NC(=O)N(CC(=O)c2c(-c3ccc(F)cc3)[nH]c3ccccc23)C1=O. The quantitative estimate of drug-likeness (QED) is 0.313. The standard InChI is InChI=1S/C28H22FN3O5/c1-28(17-8-11-22-23(14-17)37-13-12-36-22)26(34)32(27(35)31-28)15-21(33)24-19-4-2-3-5-20(19)30-25(24)16-6-9-18(29)10-7-16/h2-11,14,30H,12-13,15H2,1H3,(H,31,35)/t28-/m1/s1. The van der Waals surface area contributed by atoms with Crippen molar-refractivity contribution in [3.8, 4) is 22.8 Å². The summed E-state index contributed by atoms with van der Waals surface area (Å²) in [6, 6.07) is 17.4. The van der Waals surface area contributed by atoms with E-state index in [1.54, 1.807) is 49.4 Å². The molecular formula is C28H22FN3O5. The second-order valence-corrected chi connectivity index (χ2v) is 9.16. The van der Waals surface area contributed by atoms with Gasteiger partial charge in [0.1, 0.15) is 24.6 Å². The number of aromatic amines is 1. The van der Waals surface area contributed by atoms with Gasteiger partial charge >= 0.3 is 6.03 Å². The van der Waals surface area contributed by atoms with Crippen LogP contribution in [0.3, 0.4) is 0 Å². The fourth-order valence-corrected chi connectivity index (χ4v) is 4.88. The highest BCUT2D eigenvalue weighted by molar-refractivity contribution is 6.17. The van der Waals surface area contributed by atoms with E-state index in [-0.39, 0.29) is 0 Å². The van der Waals surface area contributed by atoms with Crippen LogP contribution in [0.2, 0.25) is 0 Å². The lowest BCUT2D eigenvalue weighted by Gasteiger charge is -2.25. The summed E-state index contributed by atoms with van der Waals surface area (Å²) in [6.07, 6.45) is 0. The van der Waals surface area contributed by atoms with Crippen molar-refractivity contribution in [3.63, 3.8) is 0 Å². The van der Waals surface area contributed by atoms with Gasteiger partial charge in [0.05, 0.1) is 17.8 Å². The van der Waals surface area contributed by atoms with Crippen LogP contribution in [0, 0.1) is 5.82 Å². The molecule has 2 N–H and O–H groups in total. The van der Waals surface area contributed by atoms with Crippen LogP contribution in [0.4, 0.5) is 9.18 Å². The Kier molecular flexibility index (Phi) is 5.22. The van der Waals surface area contributed by atoms with E-state index >= 15 is 0 Å². The largest absolute Gasteiger partial charge is 0.486 e. The molecule has 3 aromatic carbocycles. The van der Waals surface area contributed by atoms with Crippen LogP contribution in [0.5, 0.6) is 11.5 Å². The van der Waals surface area contributed by atoms with E-state index in [1.807, 2.05) is 12.1 Å². The van der Waals surface area contributed by atoms with E-state index in [0.29, 0.717) is 58.0 Å². The Morgan fingerprint density at radius 2 is 1.73 bits per heavy atom. The average Bonchev–Trinajstić information content (AvgIpc) is 3.40. The number of urea groups is 1. The van der Waals surface area contributed by atoms with Gasteiger partial charge in [-0.2, -0.15) is 0 Å². The molecule has 2 aliphatic heterocycles. The number of fused-ring (bicyclic) bond motifs is 2. The van der Waals surface area contributed by atoms with Crippen molar-refractivity contribution in [3.05, 3.63) is 83.7 Å². The minimum atomic E-state index is -1.38. The highest BCUT2D eigenvalue weighted by Gasteiger charge is 2.50. The summed E-state index contributed by atoms with van der Waals surface area (Å²) in [5.41, 5.74) is 1.28. The number of H-pyrrole nitrogens is 1. The third kappa shape index (κ3) is 3.70. The van der Waals surface area contributed by atoms with Crippen LogP contribution in [0.25, 0.3) is 22.2 Å². The normalized spacial score (nSPS) is 18.8. The van der Waals surface area contributed by atoms with Gasteiger partial charge in [-0.3, -0.25) is 14.5 Å². The minimum Gasteiger partial charge on any atom is -0.486 e. The first kappa shape index (κ1) is 22.8. The number of carbonyl (C=O) groups excluding carboxylic acids is 3. The molecule has 0 saturated carbocycles. The van der Waals surface area contributed by atoms with Gasteiger partial charge in [-0.25, -0.2) is 9.18 Å². The molecule has 3 heterocycles. The van der Waals surface area contributed by atoms with Crippen molar-refractivity contribution >= 4 is 28.6 Å². The van der Waals surface area contributed by atoms with Crippen molar-refractivity contribution < 1.29 is 28.2 Å². The highest BCUT2D eigenvalue weighted by Crippen LogP contribution is 2.37. The molecule has 3 amide bonds. The molecule has 0 aliphatic carbocycles. The average molecular weight is 499 g/mol. The van der Waals surface area contributed by atoms with Crippen LogP contribution in [0.1, 0.15) is 22.8 Å². The Labute approximate surface area is 211 Å². The number of aromatic nitrogens is 1. The lowest BCUT2D eigenvalue weighted by Crippen LogP contribution is -2.41. The lowest BCUT2D eigenvalue weighted by atomic mass is 9.91. The Balaban J connectivity index is 1.34. The van der Waals surface area contributed by atoms with E-state index in [4.69, 9.17) is 9.47 Å². The molecule has 1 fully saturated rings. The molecular weight excluding hydrogens is 477 g/mol. The number of Topliss-reactive ketones (excluding diaryl/α,β-unsaturated/α-hetero) is 1. The van der Waals surface area contributed by atoms with Gasteiger partial charge < -0.3 is 19.8 Å². The first-order chi connectivity index (χ1) is 17.8. The van der Waals surface area contributed by atoms with Crippen molar-refractivity contribution in [2.75, 3.05) is 19.8 Å². The molecule has 1 atom stereocenters. The predicted molar refractivity (Wildman–Crippen MR) is 133 cm³/mol. The minimum absolute atomic E-state index is 0.329. The van der Waals surface area contributed by atoms with Crippen LogP contribution < -0.4 is 14.8 Å². The summed E-state index contributed by atoms with van der Waals surface area (Å²) >= 11 is 0. The number of ketones is 1. The van der Waals surface area contributed by atoms with Gasteiger partial charge in [0.2, 0.25) is 0 Å². The number of halogens is 1. The van der Waals surface area contributed by atoms with Crippen LogP contribution >= 0.6 is 0 Å². The number of nitrogens with zero attached hydrogens (tertiary/aromatic N) is 1. The summed E-state index contributed by atoms with van der Waals surface area (Å²) in [7, 11) is 0. The molecule has 1 aromatic heterocycles. The Morgan fingerprint density at radius 1 is 1.00 bits per heavy atom. The maximum absolute atomic E-state index is 13.7. The van der Waals surface area contributed by atoms with Crippen molar-refractivity contribution in [1.29, 1.82) is 0 Å². The fraction of sp³-hybridized carbons (Fsp3) is 0.179. The summed E-state index contributed by atoms with van der Waals surface area (Å²) in [5.74, 6) is -0.317. The van der Waals surface area contributed by atoms with Gasteiger partial charge in [-0.05, 0) is 60.5 Å². The fourth-order valence-electron chi connectivity index (χ4n) is 4.88. The molecule has 0 bridgehead atoms. The Hall–Kier alpha value is -4.66. The molecule has 0 spiro atoms. The molecule has 37 heavy (non-hydrogen) atoms. The monoisotopic (exact) mass is 499 g/mol. The summed E-state index contributed by atoms with van der Waals surface area (Å²) < 4.78 is 24.7.